The van der Waals surface area contributed by atoms with Gasteiger partial charge in [0, 0.05) is 28.8 Å². The Morgan fingerprint density at radius 2 is 1.95 bits per heavy atom. The lowest BCUT2D eigenvalue weighted by molar-refractivity contribution is -0.143. The van der Waals surface area contributed by atoms with Crippen molar-refractivity contribution in [3.63, 3.8) is 0 Å². The number of halogens is 1. The quantitative estimate of drug-likeness (QED) is 0.573. The zero-order valence-electron chi connectivity index (χ0n) is 12.2. The normalized spacial score (nSPS) is 28.0. The Bertz CT molecular complexity index is 612. The summed E-state index contributed by atoms with van der Waals surface area (Å²) in [4.78, 5) is 24.2. The van der Waals surface area contributed by atoms with Gasteiger partial charge in [-0.25, -0.2) is 9.97 Å². The van der Waals surface area contributed by atoms with E-state index >= 15 is 0 Å². The summed E-state index contributed by atoms with van der Waals surface area (Å²) in [6.45, 7) is 0. The number of hydrogen-bond donors (Lipinski definition) is 2. The molecule has 2 heterocycles. The molecule has 0 saturated heterocycles. The summed E-state index contributed by atoms with van der Waals surface area (Å²) in [6, 6.07) is 0. The molecule has 0 aromatic carbocycles. The van der Waals surface area contributed by atoms with Crippen molar-refractivity contribution in [2.24, 2.45) is 22.7 Å². The molecule has 1 aromatic heterocycles. The van der Waals surface area contributed by atoms with E-state index in [-0.39, 0.29) is 5.92 Å². The average molecular weight is 414 g/mol. The number of nitrogen functional groups attached to an aromatic ring is 1. The van der Waals surface area contributed by atoms with E-state index in [4.69, 9.17) is 10.8 Å². The van der Waals surface area contributed by atoms with Crippen molar-refractivity contribution < 1.29 is 9.90 Å². The Hall–Kier alpha value is -1.25. The van der Waals surface area contributed by atoms with Crippen LogP contribution in [0, 0.1) is 21.6 Å². The number of anilines is 1. The zero-order valence-corrected chi connectivity index (χ0v) is 14.4. The number of carboxylic acids is 1. The molecule has 0 spiro atoms. The molecular weight excluding hydrogens is 395 g/mol. The number of hydrogen-bond acceptors (Lipinski definition) is 5. The zero-order chi connectivity index (χ0) is 15.7. The molecule has 22 heavy (non-hydrogen) atoms. The number of rotatable bonds is 2. The summed E-state index contributed by atoms with van der Waals surface area (Å²) in [5.74, 6) is 0.515. The minimum Gasteiger partial charge on any atom is -0.481 e. The Morgan fingerprint density at radius 3 is 2.64 bits per heavy atom. The van der Waals surface area contributed by atoms with Gasteiger partial charge in [-0.15, -0.1) is 0 Å². The minimum atomic E-state index is -0.655. The van der Waals surface area contributed by atoms with Gasteiger partial charge in [0.2, 0.25) is 0 Å². The van der Waals surface area contributed by atoms with Gasteiger partial charge in [-0.1, -0.05) is 0 Å². The fourth-order valence-corrected chi connectivity index (χ4v) is 4.06. The smallest absolute Gasteiger partial charge is 0.306 e. The van der Waals surface area contributed by atoms with Crippen LogP contribution in [0.2, 0.25) is 0 Å². The number of nitrogens with zero attached hydrogens (tertiary/aromatic N) is 3. The van der Waals surface area contributed by atoms with Gasteiger partial charge in [-0.3, -0.25) is 9.79 Å². The van der Waals surface area contributed by atoms with Crippen molar-refractivity contribution >= 4 is 46.3 Å². The second kappa shape index (κ2) is 6.47. The summed E-state index contributed by atoms with van der Waals surface area (Å²) in [6.07, 6.45) is 7.30. The maximum Gasteiger partial charge on any atom is 0.306 e. The first-order valence-electron chi connectivity index (χ1n) is 7.63. The highest BCUT2D eigenvalue weighted by Gasteiger charge is 2.31. The number of carboxylic acid groups (broad SMARTS) is 1. The fraction of sp³-hybridized carbons (Fsp3) is 0.600. The average Bonchev–Trinajstić information content (AvgIpc) is 2.70. The number of aryl methyl sites for hydroxylation is 1. The van der Waals surface area contributed by atoms with Crippen LogP contribution in [0.5, 0.6) is 0 Å². The van der Waals surface area contributed by atoms with E-state index < -0.39 is 5.97 Å². The van der Waals surface area contributed by atoms with Gasteiger partial charge >= 0.3 is 5.97 Å². The third kappa shape index (κ3) is 3.23. The number of nitrogens with two attached hydrogens (primary N) is 1. The standard InChI is InChI=1S/C15H19IN4O2/c16-15-19-11-6-5-10(7-18-12(11)13(17)20-15)8-1-3-9(4-2-8)14(21)22/h7-10H,1-6H2,(H,21,22)(H2,17,19,20)/t8?,9?,10-/m0/s1. The molecule has 1 fully saturated rings. The van der Waals surface area contributed by atoms with E-state index in [0.29, 0.717) is 27.2 Å². The maximum absolute atomic E-state index is 11.1. The van der Waals surface area contributed by atoms with E-state index in [1.165, 1.54) is 0 Å². The number of fused-ring (bicyclic) bond motifs is 1. The minimum absolute atomic E-state index is 0.167. The van der Waals surface area contributed by atoms with Crippen molar-refractivity contribution in [3.8, 4) is 0 Å². The summed E-state index contributed by atoms with van der Waals surface area (Å²) < 4.78 is 0.657. The van der Waals surface area contributed by atoms with Crippen LogP contribution in [0.25, 0.3) is 0 Å². The molecule has 1 aliphatic carbocycles. The third-order valence-electron chi connectivity index (χ3n) is 4.79. The van der Waals surface area contributed by atoms with E-state index in [9.17, 15) is 4.79 Å². The molecule has 1 saturated carbocycles. The van der Waals surface area contributed by atoms with Crippen LogP contribution in [0.1, 0.15) is 37.8 Å². The highest BCUT2D eigenvalue weighted by molar-refractivity contribution is 14.1. The Labute approximate surface area is 142 Å². The van der Waals surface area contributed by atoms with Crippen molar-refractivity contribution in [1.29, 1.82) is 0 Å². The Kier molecular flexibility index (Phi) is 4.60. The van der Waals surface area contributed by atoms with E-state index in [2.05, 4.69) is 37.6 Å². The Balaban J connectivity index is 1.71. The van der Waals surface area contributed by atoms with E-state index in [1.807, 2.05) is 6.21 Å². The molecule has 1 aromatic rings. The van der Waals surface area contributed by atoms with Crippen LogP contribution >= 0.6 is 22.6 Å². The molecule has 1 atom stereocenters. The predicted octanol–water partition coefficient (Wildman–Crippen LogP) is 2.82. The summed E-state index contributed by atoms with van der Waals surface area (Å²) in [5, 5.41) is 9.10. The van der Waals surface area contributed by atoms with Crippen molar-refractivity contribution in [1.82, 2.24) is 9.97 Å². The molecule has 3 rings (SSSR count). The SMILES string of the molecule is Nc1nc(I)nc2c1N=C[C@@H](C1CCC(C(=O)O)CC1)CC2. The van der Waals surface area contributed by atoms with Crippen LogP contribution in [-0.2, 0) is 11.2 Å². The van der Waals surface area contributed by atoms with Crippen LogP contribution in [0.4, 0.5) is 11.5 Å². The topological polar surface area (TPSA) is 101 Å². The van der Waals surface area contributed by atoms with Gasteiger partial charge in [-0.2, -0.15) is 0 Å². The first-order valence-corrected chi connectivity index (χ1v) is 8.71. The van der Waals surface area contributed by atoms with Gasteiger partial charge in [-0.05, 0) is 50.4 Å². The monoisotopic (exact) mass is 414 g/mol. The van der Waals surface area contributed by atoms with Gasteiger partial charge in [0.25, 0.3) is 0 Å². The molecule has 118 valence electrons. The van der Waals surface area contributed by atoms with Gasteiger partial charge in [0.1, 0.15) is 5.69 Å². The van der Waals surface area contributed by atoms with Gasteiger partial charge in [0.05, 0.1) is 11.6 Å². The molecule has 6 nitrogen and oxygen atoms in total. The molecule has 0 unspecified atom stereocenters. The van der Waals surface area contributed by atoms with Crippen LogP contribution in [0.15, 0.2) is 4.99 Å². The lowest BCUT2D eigenvalue weighted by Crippen LogP contribution is -2.26. The van der Waals surface area contributed by atoms with Crippen LogP contribution in [-0.4, -0.2) is 27.3 Å². The third-order valence-corrected chi connectivity index (χ3v) is 5.27. The summed E-state index contributed by atoms with van der Waals surface area (Å²) >= 11 is 2.07. The fourth-order valence-electron chi connectivity index (χ4n) is 3.50. The molecule has 0 bridgehead atoms. The first-order chi connectivity index (χ1) is 10.5. The van der Waals surface area contributed by atoms with Crippen LogP contribution in [0.3, 0.4) is 0 Å². The van der Waals surface area contributed by atoms with Crippen molar-refractivity contribution in [3.05, 3.63) is 9.53 Å². The van der Waals surface area contributed by atoms with Crippen molar-refractivity contribution in [2.45, 2.75) is 38.5 Å². The number of aromatic nitrogens is 2. The number of aliphatic carboxylic acids is 1. The van der Waals surface area contributed by atoms with E-state index in [1.54, 1.807) is 0 Å². The molecule has 2 aliphatic rings. The number of carbonyl (C=O) groups is 1. The highest BCUT2D eigenvalue weighted by atomic mass is 127. The summed E-state index contributed by atoms with van der Waals surface area (Å²) in [7, 11) is 0. The maximum atomic E-state index is 11.1. The largest absolute Gasteiger partial charge is 0.481 e. The highest BCUT2D eigenvalue weighted by Crippen LogP contribution is 2.37. The van der Waals surface area contributed by atoms with Gasteiger partial charge < -0.3 is 10.8 Å². The second-order valence-corrected chi connectivity index (χ2v) is 7.07. The molecule has 3 N–H and O–H groups in total. The lowest BCUT2D eigenvalue weighted by atomic mass is 9.75. The number of aliphatic imine (C=N–C) groups is 1. The molecular formula is C15H19IN4O2. The predicted molar refractivity (Wildman–Crippen MR) is 92.2 cm³/mol. The Morgan fingerprint density at radius 1 is 1.23 bits per heavy atom. The lowest BCUT2D eigenvalue weighted by Gasteiger charge is -2.30. The van der Waals surface area contributed by atoms with E-state index in [0.717, 1.165) is 44.2 Å². The molecule has 0 radical (unpaired) electrons. The van der Waals surface area contributed by atoms with Crippen LogP contribution < -0.4 is 5.73 Å². The molecule has 7 heteroatoms. The molecule has 0 amide bonds. The van der Waals surface area contributed by atoms with Gasteiger partial charge in [0.15, 0.2) is 9.65 Å². The molecule has 1 aliphatic heterocycles. The van der Waals surface area contributed by atoms with Crippen molar-refractivity contribution in [2.75, 3.05) is 5.73 Å². The summed E-state index contributed by atoms with van der Waals surface area (Å²) in [5.41, 5.74) is 7.59. The first kappa shape index (κ1) is 15.6. The second-order valence-electron chi connectivity index (χ2n) is 6.10.